The van der Waals surface area contributed by atoms with Gasteiger partial charge in [-0.05, 0) is 26.3 Å². The Bertz CT molecular complexity index is 897. The molecule has 0 spiro atoms. The Morgan fingerprint density at radius 1 is 1.21 bits per heavy atom. The van der Waals surface area contributed by atoms with Crippen LogP contribution in [0.15, 0.2) is 24.3 Å². The highest BCUT2D eigenvalue weighted by atomic mass is 16.7. The predicted octanol–water partition coefficient (Wildman–Crippen LogP) is 3.02. The Labute approximate surface area is 140 Å². The number of pyridine rings is 1. The molecule has 0 aliphatic carbocycles. The molecule has 4 rings (SSSR count). The number of aromatic nitrogens is 3. The Kier molecular flexibility index (Phi) is 3.66. The molecule has 2 aromatic heterocycles. The second-order valence-corrected chi connectivity index (χ2v) is 6.46. The van der Waals surface area contributed by atoms with E-state index in [4.69, 9.17) is 15.2 Å². The maximum Gasteiger partial charge on any atom is 0.165 e. The zero-order valence-electron chi connectivity index (χ0n) is 14.1. The molecule has 1 aromatic carbocycles. The first kappa shape index (κ1) is 15.4. The third kappa shape index (κ3) is 2.52. The molecule has 1 saturated heterocycles. The average molecular weight is 326 g/mol. The Balaban J connectivity index is 1.70. The van der Waals surface area contributed by atoms with E-state index in [-0.39, 0.29) is 0 Å². The number of ether oxygens (including phenoxy) is 2. The summed E-state index contributed by atoms with van der Waals surface area (Å²) in [6.45, 7) is 6.22. The third-order valence-electron chi connectivity index (χ3n) is 4.71. The number of hydrogen-bond donors (Lipinski definition) is 1. The van der Waals surface area contributed by atoms with Crippen LogP contribution >= 0.6 is 0 Å². The monoisotopic (exact) mass is 326 g/mol. The zero-order chi connectivity index (χ0) is 16.7. The largest absolute Gasteiger partial charge is 0.382 e. The van der Waals surface area contributed by atoms with Gasteiger partial charge in [0.15, 0.2) is 11.6 Å². The molecule has 1 fully saturated rings. The van der Waals surface area contributed by atoms with Gasteiger partial charge in [0.25, 0.3) is 0 Å². The molecule has 1 aliphatic heterocycles. The average Bonchev–Trinajstić information content (AvgIpc) is 3.13. The first-order valence-electron chi connectivity index (χ1n) is 8.36. The third-order valence-corrected chi connectivity index (χ3v) is 4.71. The van der Waals surface area contributed by atoms with E-state index in [0.717, 1.165) is 47.1 Å². The molecule has 1 aliphatic rings. The van der Waals surface area contributed by atoms with E-state index in [1.165, 1.54) is 0 Å². The van der Waals surface area contributed by atoms with E-state index in [1.54, 1.807) is 0 Å². The highest BCUT2D eigenvalue weighted by Gasteiger charge is 2.30. The number of fused-ring (bicyclic) bond motifs is 3. The van der Waals surface area contributed by atoms with E-state index in [9.17, 15) is 0 Å². The summed E-state index contributed by atoms with van der Waals surface area (Å²) in [5.41, 5.74) is 8.87. The lowest BCUT2D eigenvalue weighted by Gasteiger charge is -2.22. The van der Waals surface area contributed by atoms with Gasteiger partial charge in [0.2, 0.25) is 0 Å². The highest BCUT2D eigenvalue weighted by Crippen LogP contribution is 2.30. The number of imidazole rings is 1. The number of nitrogens with two attached hydrogens (primary N) is 1. The molecular weight excluding hydrogens is 304 g/mol. The van der Waals surface area contributed by atoms with Crippen molar-refractivity contribution in [1.82, 2.24) is 14.5 Å². The number of para-hydroxylation sites is 1. The molecular formula is C18H22N4O2. The normalized spacial score (nSPS) is 17.1. The van der Waals surface area contributed by atoms with Crippen LogP contribution in [0, 0.1) is 6.92 Å². The molecule has 0 radical (unpaired) electrons. The highest BCUT2D eigenvalue weighted by molar-refractivity contribution is 6.06. The van der Waals surface area contributed by atoms with Crippen LogP contribution in [0.2, 0.25) is 0 Å². The van der Waals surface area contributed by atoms with Gasteiger partial charge in [-0.2, -0.15) is 0 Å². The molecule has 126 valence electrons. The lowest BCUT2D eigenvalue weighted by atomic mass is 10.1. The SMILES string of the molecule is Cc1nc2c(N)nc3ccccc3c2n1CCCC1(C)OCCO1. The fraction of sp³-hybridized carbons (Fsp3) is 0.444. The summed E-state index contributed by atoms with van der Waals surface area (Å²) >= 11 is 0. The van der Waals surface area contributed by atoms with Crippen molar-refractivity contribution in [1.29, 1.82) is 0 Å². The molecule has 0 unspecified atom stereocenters. The van der Waals surface area contributed by atoms with Gasteiger partial charge in [-0.3, -0.25) is 0 Å². The topological polar surface area (TPSA) is 75.2 Å². The fourth-order valence-electron chi connectivity index (χ4n) is 3.50. The molecule has 6 nitrogen and oxygen atoms in total. The minimum atomic E-state index is -0.451. The molecule has 3 aromatic rings. The molecule has 0 saturated carbocycles. The Hall–Kier alpha value is -2.18. The molecule has 2 N–H and O–H groups in total. The van der Waals surface area contributed by atoms with Crippen molar-refractivity contribution >= 4 is 27.8 Å². The van der Waals surface area contributed by atoms with Crippen molar-refractivity contribution in [3.63, 3.8) is 0 Å². The second-order valence-electron chi connectivity index (χ2n) is 6.46. The summed E-state index contributed by atoms with van der Waals surface area (Å²) in [6.07, 6.45) is 1.80. The van der Waals surface area contributed by atoms with E-state index in [1.807, 2.05) is 32.0 Å². The molecule has 0 atom stereocenters. The van der Waals surface area contributed by atoms with Crippen LogP contribution in [-0.2, 0) is 16.0 Å². The summed E-state index contributed by atoms with van der Waals surface area (Å²) < 4.78 is 13.6. The molecule has 0 bridgehead atoms. The van der Waals surface area contributed by atoms with Crippen LogP contribution in [-0.4, -0.2) is 33.5 Å². The predicted molar refractivity (Wildman–Crippen MR) is 93.7 cm³/mol. The number of benzene rings is 1. The van der Waals surface area contributed by atoms with Gasteiger partial charge < -0.3 is 19.8 Å². The molecule has 3 heterocycles. The second kappa shape index (κ2) is 5.72. The summed E-state index contributed by atoms with van der Waals surface area (Å²) in [5, 5.41) is 1.09. The van der Waals surface area contributed by atoms with Gasteiger partial charge in [-0.25, -0.2) is 9.97 Å². The van der Waals surface area contributed by atoms with Crippen LogP contribution < -0.4 is 5.73 Å². The van der Waals surface area contributed by atoms with E-state index in [0.29, 0.717) is 19.0 Å². The summed E-state index contributed by atoms with van der Waals surface area (Å²) in [6, 6.07) is 8.06. The first-order valence-corrected chi connectivity index (χ1v) is 8.36. The Morgan fingerprint density at radius 3 is 2.75 bits per heavy atom. The van der Waals surface area contributed by atoms with Gasteiger partial charge in [-0.1, -0.05) is 18.2 Å². The Morgan fingerprint density at radius 2 is 1.96 bits per heavy atom. The number of nitrogens with zero attached hydrogens (tertiary/aromatic N) is 3. The summed E-state index contributed by atoms with van der Waals surface area (Å²) in [7, 11) is 0. The fourth-order valence-corrected chi connectivity index (χ4v) is 3.50. The van der Waals surface area contributed by atoms with Gasteiger partial charge in [0.05, 0.1) is 24.2 Å². The quantitative estimate of drug-likeness (QED) is 0.797. The van der Waals surface area contributed by atoms with Crippen LogP contribution in [0.5, 0.6) is 0 Å². The lowest BCUT2D eigenvalue weighted by Crippen LogP contribution is -2.25. The van der Waals surface area contributed by atoms with E-state index < -0.39 is 5.79 Å². The number of rotatable bonds is 4. The summed E-state index contributed by atoms with van der Waals surface area (Å²) in [5.74, 6) is 0.987. The number of aryl methyl sites for hydroxylation is 2. The van der Waals surface area contributed by atoms with Crippen molar-refractivity contribution in [2.24, 2.45) is 0 Å². The standard InChI is InChI=1S/C18H22N4O2/c1-12-20-15-16(13-6-3-4-7-14(13)21-17(15)19)22(12)9-5-8-18(2)23-10-11-24-18/h3-4,6-7H,5,8-11H2,1-2H3,(H2,19,21). The maximum absolute atomic E-state index is 6.13. The number of anilines is 1. The minimum absolute atomic E-state index is 0.451. The smallest absolute Gasteiger partial charge is 0.165 e. The van der Waals surface area contributed by atoms with E-state index in [2.05, 4.69) is 20.6 Å². The van der Waals surface area contributed by atoms with E-state index >= 15 is 0 Å². The van der Waals surface area contributed by atoms with Crippen LogP contribution in [0.3, 0.4) is 0 Å². The van der Waals surface area contributed by atoms with Gasteiger partial charge in [-0.15, -0.1) is 0 Å². The zero-order valence-corrected chi connectivity index (χ0v) is 14.1. The van der Waals surface area contributed by atoms with Gasteiger partial charge in [0, 0.05) is 18.4 Å². The van der Waals surface area contributed by atoms with Gasteiger partial charge in [0.1, 0.15) is 11.3 Å². The summed E-state index contributed by atoms with van der Waals surface area (Å²) in [4.78, 5) is 9.12. The number of hydrogen-bond acceptors (Lipinski definition) is 5. The number of nitrogen functional groups attached to an aromatic ring is 1. The molecule has 24 heavy (non-hydrogen) atoms. The molecule has 0 amide bonds. The van der Waals surface area contributed by atoms with Crippen LogP contribution in [0.1, 0.15) is 25.6 Å². The van der Waals surface area contributed by atoms with Crippen molar-refractivity contribution in [3.05, 3.63) is 30.1 Å². The van der Waals surface area contributed by atoms with Crippen molar-refractivity contribution in [3.8, 4) is 0 Å². The first-order chi connectivity index (χ1) is 11.6. The van der Waals surface area contributed by atoms with Crippen molar-refractivity contribution < 1.29 is 9.47 Å². The van der Waals surface area contributed by atoms with Gasteiger partial charge >= 0.3 is 0 Å². The van der Waals surface area contributed by atoms with Crippen LogP contribution in [0.4, 0.5) is 5.82 Å². The van der Waals surface area contributed by atoms with Crippen molar-refractivity contribution in [2.75, 3.05) is 18.9 Å². The molecule has 6 heteroatoms. The van der Waals surface area contributed by atoms with Crippen LogP contribution in [0.25, 0.3) is 21.9 Å². The maximum atomic E-state index is 6.13. The lowest BCUT2D eigenvalue weighted by molar-refractivity contribution is -0.147. The van der Waals surface area contributed by atoms with Crippen molar-refractivity contribution in [2.45, 2.75) is 39.0 Å². The minimum Gasteiger partial charge on any atom is -0.382 e.